The van der Waals surface area contributed by atoms with Gasteiger partial charge in [-0.05, 0) is 25.7 Å². The summed E-state index contributed by atoms with van der Waals surface area (Å²) in [4.78, 5) is 0. The second kappa shape index (κ2) is 3.75. The molecule has 1 saturated carbocycles. The van der Waals surface area contributed by atoms with Crippen LogP contribution in [0, 0.1) is 5.92 Å². The average Bonchev–Trinajstić information content (AvgIpc) is 1.78. The van der Waals surface area contributed by atoms with Crippen molar-refractivity contribution in [3.8, 4) is 0 Å². The molecule has 0 spiro atoms. The molecule has 0 saturated heterocycles. The van der Waals surface area contributed by atoms with Crippen LogP contribution in [0.2, 0.25) is 0 Å². The highest BCUT2D eigenvalue weighted by atomic mass is 35.7. The molecule has 0 aromatic carbocycles. The summed E-state index contributed by atoms with van der Waals surface area (Å²) in [5.74, 6) is 0.244. The standard InChI is InChI=1S/C8H15ClO3S/c1-8(12-2,6-13(9,10)11)7-4-3-5-7/h7H,3-6H2,1-2H3. The SMILES string of the molecule is COC(C)(CS(=O)(=O)Cl)C1CCC1. The van der Waals surface area contributed by atoms with E-state index in [0.717, 1.165) is 19.3 Å². The van der Waals surface area contributed by atoms with Crippen LogP contribution >= 0.6 is 10.7 Å². The molecule has 0 aromatic heterocycles. The van der Waals surface area contributed by atoms with Gasteiger partial charge < -0.3 is 4.74 Å². The van der Waals surface area contributed by atoms with Crippen molar-refractivity contribution in [3.63, 3.8) is 0 Å². The van der Waals surface area contributed by atoms with E-state index in [9.17, 15) is 8.42 Å². The Labute approximate surface area is 83.8 Å². The third-order valence-electron chi connectivity index (χ3n) is 2.89. The van der Waals surface area contributed by atoms with Gasteiger partial charge in [-0.2, -0.15) is 0 Å². The van der Waals surface area contributed by atoms with E-state index in [-0.39, 0.29) is 5.75 Å². The topological polar surface area (TPSA) is 43.4 Å². The van der Waals surface area contributed by atoms with Gasteiger partial charge in [-0.1, -0.05) is 6.42 Å². The van der Waals surface area contributed by atoms with Gasteiger partial charge >= 0.3 is 0 Å². The highest BCUT2D eigenvalue weighted by molar-refractivity contribution is 8.13. The lowest BCUT2D eigenvalue weighted by Gasteiger charge is -2.41. The first kappa shape index (κ1) is 11.3. The van der Waals surface area contributed by atoms with Crippen molar-refractivity contribution in [2.45, 2.75) is 31.8 Å². The van der Waals surface area contributed by atoms with Crippen LogP contribution in [0.5, 0.6) is 0 Å². The Hall–Kier alpha value is 0.200. The van der Waals surface area contributed by atoms with Crippen LogP contribution in [0.4, 0.5) is 0 Å². The minimum absolute atomic E-state index is 0.0945. The monoisotopic (exact) mass is 226 g/mol. The van der Waals surface area contributed by atoms with Crippen LogP contribution in [0.25, 0.3) is 0 Å². The van der Waals surface area contributed by atoms with E-state index in [1.807, 2.05) is 6.92 Å². The predicted octanol–water partition coefficient (Wildman–Crippen LogP) is 1.76. The third kappa shape index (κ3) is 2.82. The summed E-state index contributed by atoms with van der Waals surface area (Å²) in [6.07, 6.45) is 3.24. The van der Waals surface area contributed by atoms with Crippen molar-refractivity contribution in [3.05, 3.63) is 0 Å². The Morgan fingerprint density at radius 3 is 2.31 bits per heavy atom. The van der Waals surface area contributed by atoms with Crippen molar-refractivity contribution in [2.75, 3.05) is 12.9 Å². The molecule has 1 fully saturated rings. The molecule has 1 rings (SSSR count). The number of methoxy groups -OCH3 is 1. The maximum atomic E-state index is 10.9. The first-order chi connectivity index (χ1) is 5.87. The van der Waals surface area contributed by atoms with Gasteiger partial charge in [0, 0.05) is 17.8 Å². The molecule has 0 bridgehead atoms. The lowest BCUT2D eigenvalue weighted by atomic mass is 9.74. The molecule has 0 amide bonds. The lowest BCUT2D eigenvalue weighted by Crippen LogP contribution is -2.45. The molecule has 0 aliphatic heterocycles. The van der Waals surface area contributed by atoms with Crippen LogP contribution in [0.3, 0.4) is 0 Å². The zero-order chi connectivity index (χ0) is 10.1. The number of halogens is 1. The zero-order valence-corrected chi connectivity index (χ0v) is 9.49. The second-order valence-electron chi connectivity index (χ2n) is 3.83. The van der Waals surface area contributed by atoms with E-state index < -0.39 is 14.7 Å². The molecule has 13 heavy (non-hydrogen) atoms. The molecule has 3 nitrogen and oxygen atoms in total. The van der Waals surface area contributed by atoms with Gasteiger partial charge in [0.25, 0.3) is 0 Å². The molecule has 1 atom stereocenters. The smallest absolute Gasteiger partial charge is 0.235 e. The molecule has 0 heterocycles. The molecule has 0 aromatic rings. The van der Waals surface area contributed by atoms with E-state index >= 15 is 0 Å². The Kier molecular flexibility index (Phi) is 3.25. The van der Waals surface area contributed by atoms with Crippen molar-refractivity contribution in [2.24, 2.45) is 5.92 Å². The van der Waals surface area contributed by atoms with E-state index in [1.165, 1.54) is 0 Å². The van der Waals surface area contributed by atoms with Gasteiger partial charge in [-0.3, -0.25) is 0 Å². The fourth-order valence-electron chi connectivity index (χ4n) is 1.70. The maximum absolute atomic E-state index is 10.9. The molecule has 1 aliphatic rings. The highest BCUT2D eigenvalue weighted by Crippen LogP contribution is 2.39. The van der Waals surface area contributed by atoms with Crippen LogP contribution in [0.1, 0.15) is 26.2 Å². The first-order valence-electron chi connectivity index (χ1n) is 4.35. The van der Waals surface area contributed by atoms with Crippen molar-refractivity contribution in [1.29, 1.82) is 0 Å². The predicted molar refractivity (Wildman–Crippen MR) is 52.4 cm³/mol. The summed E-state index contributed by atoms with van der Waals surface area (Å²) in [5.41, 5.74) is -0.598. The van der Waals surface area contributed by atoms with Gasteiger partial charge in [0.2, 0.25) is 9.05 Å². The second-order valence-corrected chi connectivity index (χ2v) is 6.60. The van der Waals surface area contributed by atoms with E-state index in [4.69, 9.17) is 15.4 Å². The third-order valence-corrected chi connectivity index (χ3v) is 4.14. The summed E-state index contributed by atoms with van der Waals surface area (Å²) in [6.45, 7) is 1.82. The van der Waals surface area contributed by atoms with Gasteiger partial charge in [-0.15, -0.1) is 0 Å². The molecule has 78 valence electrons. The van der Waals surface area contributed by atoms with Crippen molar-refractivity contribution < 1.29 is 13.2 Å². The number of ether oxygens (including phenoxy) is 1. The number of hydrogen-bond acceptors (Lipinski definition) is 3. The Bertz CT molecular complexity index is 271. The normalized spacial score (nSPS) is 23.6. The Morgan fingerprint density at radius 2 is 2.08 bits per heavy atom. The molecular formula is C8H15ClO3S. The minimum Gasteiger partial charge on any atom is -0.377 e. The fraction of sp³-hybridized carbons (Fsp3) is 1.00. The van der Waals surface area contributed by atoms with E-state index in [2.05, 4.69) is 0 Å². The lowest BCUT2D eigenvalue weighted by molar-refractivity contribution is -0.0521. The summed E-state index contributed by atoms with van der Waals surface area (Å²) >= 11 is 0. The van der Waals surface area contributed by atoms with Crippen LogP contribution in [-0.2, 0) is 13.8 Å². The minimum atomic E-state index is -3.47. The van der Waals surface area contributed by atoms with E-state index in [0.29, 0.717) is 5.92 Å². The van der Waals surface area contributed by atoms with Crippen molar-refractivity contribution in [1.82, 2.24) is 0 Å². The summed E-state index contributed by atoms with van der Waals surface area (Å²) < 4.78 is 27.1. The molecular weight excluding hydrogens is 212 g/mol. The Balaban J connectivity index is 2.68. The van der Waals surface area contributed by atoms with Crippen molar-refractivity contribution >= 4 is 19.7 Å². The fourth-order valence-corrected chi connectivity index (χ4v) is 3.39. The molecule has 5 heteroatoms. The molecule has 1 unspecified atom stereocenters. The molecule has 0 radical (unpaired) electrons. The zero-order valence-electron chi connectivity index (χ0n) is 7.92. The average molecular weight is 227 g/mol. The van der Waals surface area contributed by atoms with Crippen LogP contribution in [0.15, 0.2) is 0 Å². The molecule has 1 aliphatic carbocycles. The quantitative estimate of drug-likeness (QED) is 0.687. The number of hydrogen-bond donors (Lipinski definition) is 0. The Morgan fingerprint density at radius 1 is 1.54 bits per heavy atom. The summed E-state index contributed by atoms with van der Waals surface area (Å²) in [6, 6.07) is 0. The van der Waals surface area contributed by atoms with Crippen LogP contribution in [-0.4, -0.2) is 26.9 Å². The van der Waals surface area contributed by atoms with Crippen LogP contribution < -0.4 is 0 Å². The summed E-state index contributed by atoms with van der Waals surface area (Å²) in [7, 11) is 3.29. The van der Waals surface area contributed by atoms with Gasteiger partial charge in [-0.25, -0.2) is 8.42 Å². The first-order valence-corrected chi connectivity index (χ1v) is 6.83. The van der Waals surface area contributed by atoms with Gasteiger partial charge in [0.05, 0.1) is 11.4 Å². The van der Waals surface area contributed by atoms with E-state index in [1.54, 1.807) is 7.11 Å². The van der Waals surface area contributed by atoms with Gasteiger partial charge in [0.15, 0.2) is 0 Å². The summed E-state index contributed by atoms with van der Waals surface area (Å²) in [5, 5.41) is 0. The highest BCUT2D eigenvalue weighted by Gasteiger charge is 2.41. The molecule has 0 N–H and O–H groups in total. The number of rotatable bonds is 4. The largest absolute Gasteiger partial charge is 0.377 e. The maximum Gasteiger partial charge on any atom is 0.235 e. The van der Waals surface area contributed by atoms with Gasteiger partial charge in [0.1, 0.15) is 0 Å².